The Morgan fingerprint density at radius 3 is 2.25 bits per heavy atom. The van der Waals surface area contributed by atoms with Crippen LogP contribution >= 0.6 is 35.0 Å². The number of hydrogen-bond acceptors (Lipinski definition) is 9. The average Bonchev–Trinajstić information content (AvgIpc) is 2.70. The van der Waals surface area contributed by atoms with Gasteiger partial charge in [-0.3, -0.25) is 14.4 Å². The fourth-order valence-corrected chi connectivity index (χ4v) is 4.48. The van der Waals surface area contributed by atoms with Crippen molar-refractivity contribution in [3.05, 3.63) is 28.2 Å². The predicted octanol–water partition coefficient (Wildman–Crippen LogP) is 3.26. The van der Waals surface area contributed by atoms with Gasteiger partial charge in [-0.15, -0.1) is 6.42 Å². The molecule has 0 aliphatic carbocycles. The van der Waals surface area contributed by atoms with Gasteiger partial charge in [-0.2, -0.15) is 0 Å². The molecule has 2 rings (SSSR count). The SMILES string of the molecule is C#CCOC1C(OC(C)=O)[C@@H](Sc2ccc(Cl)c(Cl)c2)OC(COC(C)=O)[C@@H]1OC(C)=O. The van der Waals surface area contributed by atoms with E-state index in [1.165, 1.54) is 32.5 Å². The van der Waals surface area contributed by atoms with Gasteiger partial charge in [0, 0.05) is 25.7 Å². The Balaban J connectivity index is 2.43. The lowest BCUT2D eigenvalue weighted by Gasteiger charge is -2.44. The van der Waals surface area contributed by atoms with Crippen LogP contribution < -0.4 is 0 Å². The minimum Gasteiger partial charge on any atom is -0.463 e. The molecule has 5 atom stereocenters. The quantitative estimate of drug-likeness (QED) is 0.300. The zero-order valence-electron chi connectivity index (χ0n) is 17.5. The first-order valence-electron chi connectivity index (χ1n) is 9.42. The molecule has 8 nitrogen and oxygen atoms in total. The number of hydrogen-bond donors (Lipinski definition) is 0. The van der Waals surface area contributed by atoms with E-state index in [0.717, 1.165) is 0 Å². The van der Waals surface area contributed by atoms with Gasteiger partial charge in [0.1, 0.15) is 30.9 Å². The lowest BCUT2D eigenvalue weighted by Crippen LogP contribution is -2.61. The van der Waals surface area contributed by atoms with Gasteiger partial charge in [-0.05, 0) is 18.2 Å². The zero-order valence-corrected chi connectivity index (χ0v) is 19.9. The summed E-state index contributed by atoms with van der Waals surface area (Å²) in [6, 6.07) is 4.95. The summed E-state index contributed by atoms with van der Waals surface area (Å²) in [5, 5.41) is 0.695. The number of thioether (sulfide) groups is 1. The van der Waals surface area contributed by atoms with Crippen molar-refractivity contribution in [1.29, 1.82) is 0 Å². The van der Waals surface area contributed by atoms with E-state index >= 15 is 0 Å². The molecule has 0 spiro atoms. The third kappa shape index (κ3) is 7.57. The molecule has 0 amide bonds. The fraction of sp³-hybridized carbons (Fsp3) is 0.476. The number of terminal acetylenes is 1. The van der Waals surface area contributed by atoms with Crippen LogP contribution in [0.5, 0.6) is 0 Å². The molecule has 1 heterocycles. The molecule has 0 radical (unpaired) electrons. The van der Waals surface area contributed by atoms with Crippen LogP contribution in [0.15, 0.2) is 23.1 Å². The molecule has 0 bridgehead atoms. The van der Waals surface area contributed by atoms with Crippen LogP contribution in [0.25, 0.3) is 0 Å². The molecule has 0 aromatic heterocycles. The summed E-state index contributed by atoms with van der Waals surface area (Å²) in [5.41, 5.74) is -0.841. The largest absolute Gasteiger partial charge is 0.463 e. The van der Waals surface area contributed by atoms with Crippen LogP contribution in [0.3, 0.4) is 0 Å². The Kier molecular flexibility index (Phi) is 10.1. The first-order chi connectivity index (χ1) is 15.1. The molecule has 1 aromatic carbocycles. The summed E-state index contributed by atoms with van der Waals surface area (Å²) < 4.78 is 27.8. The van der Waals surface area contributed by atoms with Crippen LogP contribution in [0.1, 0.15) is 20.8 Å². The maximum atomic E-state index is 11.9. The maximum Gasteiger partial charge on any atom is 0.303 e. The van der Waals surface area contributed by atoms with Crippen LogP contribution in [0.4, 0.5) is 0 Å². The van der Waals surface area contributed by atoms with Crippen molar-refractivity contribution in [2.24, 2.45) is 0 Å². The normalized spacial score (nSPS) is 24.8. The molecule has 32 heavy (non-hydrogen) atoms. The standard InChI is InChI=1S/C21H22Cl2O8S/c1-5-8-27-19-18(29-12(3)25)17(10-28-11(2)24)31-21(20(19)30-13(4)26)32-14-6-7-15(22)16(23)9-14/h1,6-7,9,17-21H,8,10H2,2-4H3/t17?,18-,19?,20?,21+/m0/s1. The lowest BCUT2D eigenvalue weighted by atomic mass is 9.99. The molecule has 1 aliphatic rings. The number of carbonyl (C=O) groups is 3. The lowest BCUT2D eigenvalue weighted by molar-refractivity contribution is -0.237. The smallest absolute Gasteiger partial charge is 0.303 e. The van der Waals surface area contributed by atoms with E-state index in [-0.39, 0.29) is 13.2 Å². The molecule has 1 saturated heterocycles. The summed E-state index contributed by atoms with van der Waals surface area (Å²) in [7, 11) is 0. The maximum absolute atomic E-state index is 11.9. The van der Waals surface area contributed by atoms with E-state index in [1.54, 1.807) is 18.2 Å². The summed E-state index contributed by atoms with van der Waals surface area (Å²) in [5.74, 6) is 0.558. The first kappa shape index (κ1) is 26.3. The minimum absolute atomic E-state index is 0.148. The third-order valence-electron chi connectivity index (χ3n) is 4.15. The number of esters is 3. The predicted molar refractivity (Wildman–Crippen MR) is 117 cm³/mol. The van der Waals surface area contributed by atoms with E-state index in [1.807, 2.05) is 0 Å². The summed E-state index contributed by atoms with van der Waals surface area (Å²) >= 11 is 13.3. The van der Waals surface area contributed by atoms with Crippen LogP contribution in [0, 0.1) is 12.3 Å². The zero-order chi connectivity index (χ0) is 23.8. The molecule has 0 N–H and O–H groups in total. The van der Waals surface area contributed by atoms with Gasteiger partial charge in [0.2, 0.25) is 0 Å². The van der Waals surface area contributed by atoms with Crippen molar-refractivity contribution >= 4 is 52.9 Å². The van der Waals surface area contributed by atoms with Gasteiger partial charge in [0.25, 0.3) is 0 Å². The topological polar surface area (TPSA) is 97.4 Å². The second-order valence-corrected chi connectivity index (χ2v) is 8.65. The van der Waals surface area contributed by atoms with Gasteiger partial charge in [-0.1, -0.05) is 40.9 Å². The highest BCUT2D eigenvalue weighted by molar-refractivity contribution is 7.99. The van der Waals surface area contributed by atoms with Gasteiger partial charge >= 0.3 is 17.9 Å². The van der Waals surface area contributed by atoms with Crippen molar-refractivity contribution in [1.82, 2.24) is 0 Å². The number of ether oxygens (including phenoxy) is 5. The van der Waals surface area contributed by atoms with Gasteiger partial charge < -0.3 is 23.7 Å². The Hall–Kier alpha value is -1.96. The van der Waals surface area contributed by atoms with E-state index in [0.29, 0.717) is 14.9 Å². The molecule has 11 heteroatoms. The fourth-order valence-electron chi connectivity index (χ4n) is 2.98. The Morgan fingerprint density at radius 1 is 1.03 bits per heavy atom. The Morgan fingerprint density at radius 2 is 1.69 bits per heavy atom. The van der Waals surface area contributed by atoms with Crippen molar-refractivity contribution in [2.45, 2.75) is 55.5 Å². The Bertz CT molecular complexity index is 887. The van der Waals surface area contributed by atoms with Crippen molar-refractivity contribution in [3.63, 3.8) is 0 Å². The van der Waals surface area contributed by atoms with Gasteiger partial charge in [0.05, 0.1) is 10.0 Å². The monoisotopic (exact) mass is 504 g/mol. The molecule has 1 aromatic rings. The van der Waals surface area contributed by atoms with Crippen LogP contribution in [0.2, 0.25) is 10.0 Å². The van der Waals surface area contributed by atoms with Crippen LogP contribution in [-0.2, 0) is 38.1 Å². The van der Waals surface area contributed by atoms with Gasteiger partial charge in [-0.25, -0.2) is 0 Å². The van der Waals surface area contributed by atoms with E-state index in [9.17, 15) is 14.4 Å². The highest BCUT2D eigenvalue weighted by Gasteiger charge is 2.51. The summed E-state index contributed by atoms with van der Waals surface area (Å²) in [6.07, 6.45) is 1.35. The van der Waals surface area contributed by atoms with Gasteiger partial charge in [0.15, 0.2) is 12.2 Å². The molecular weight excluding hydrogens is 483 g/mol. The number of halogens is 2. The summed E-state index contributed by atoms with van der Waals surface area (Å²) in [6.45, 7) is 3.29. The third-order valence-corrected chi connectivity index (χ3v) is 6.03. The Labute approximate surface area is 200 Å². The molecule has 174 valence electrons. The highest BCUT2D eigenvalue weighted by Crippen LogP contribution is 2.39. The van der Waals surface area contributed by atoms with E-state index in [4.69, 9.17) is 53.3 Å². The molecule has 3 unspecified atom stereocenters. The minimum atomic E-state index is -1.06. The second-order valence-electron chi connectivity index (χ2n) is 6.67. The van der Waals surface area contributed by atoms with E-state index < -0.39 is 47.8 Å². The van der Waals surface area contributed by atoms with Crippen molar-refractivity contribution < 1.29 is 38.1 Å². The van der Waals surface area contributed by atoms with E-state index in [2.05, 4.69) is 5.92 Å². The molecule has 1 fully saturated rings. The van der Waals surface area contributed by atoms with Crippen molar-refractivity contribution in [3.8, 4) is 12.3 Å². The number of rotatable bonds is 8. The summed E-state index contributed by atoms with van der Waals surface area (Å²) in [4.78, 5) is 35.7. The molecule has 0 saturated carbocycles. The molecule has 1 aliphatic heterocycles. The number of carbonyl (C=O) groups excluding carboxylic acids is 3. The van der Waals surface area contributed by atoms with Crippen LogP contribution in [-0.4, -0.2) is 61.0 Å². The first-order valence-corrected chi connectivity index (χ1v) is 11.1. The number of benzene rings is 1. The average molecular weight is 505 g/mol. The van der Waals surface area contributed by atoms with Crippen molar-refractivity contribution in [2.75, 3.05) is 13.2 Å². The molecular formula is C21H22Cl2O8S. The second kappa shape index (κ2) is 12.3. The highest BCUT2D eigenvalue weighted by atomic mass is 35.5.